The molecule has 2 aromatic carbocycles. The van der Waals surface area contributed by atoms with Crippen molar-refractivity contribution in [2.24, 2.45) is 0 Å². The van der Waals surface area contributed by atoms with Crippen molar-refractivity contribution >= 4 is 5.83 Å². The molecule has 0 heterocycles. The van der Waals surface area contributed by atoms with Gasteiger partial charge in [-0.15, -0.1) is 0 Å². The lowest BCUT2D eigenvalue weighted by molar-refractivity contribution is -0.156. The van der Waals surface area contributed by atoms with Crippen molar-refractivity contribution in [2.45, 2.75) is 25.9 Å². The van der Waals surface area contributed by atoms with E-state index >= 15 is 0 Å². The average Bonchev–Trinajstić information content (AvgIpc) is 2.59. The summed E-state index contributed by atoms with van der Waals surface area (Å²) in [6.07, 6.45) is -3.37. The topological polar surface area (TPSA) is 9.23 Å². The minimum atomic E-state index is -4.86. The molecule has 0 bridgehead atoms. The Hall–Kier alpha value is -2.51. The van der Waals surface area contributed by atoms with E-state index in [0.29, 0.717) is 6.42 Å². The molecule has 0 spiro atoms. The summed E-state index contributed by atoms with van der Waals surface area (Å²) in [5.74, 6) is -11.2. The number of hydrogen-bond acceptors (Lipinski definition) is 1. The van der Waals surface area contributed by atoms with Crippen LogP contribution in [0.25, 0.3) is 5.83 Å². The molecule has 0 N–H and O–H groups in total. The molecule has 8 heteroatoms. The van der Waals surface area contributed by atoms with Crippen LogP contribution in [0, 0.1) is 17.5 Å². The van der Waals surface area contributed by atoms with E-state index in [9.17, 15) is 30.7 Å². The molecule has 0 saturated heterocycles. The van der Waals surface area contributed by atoms with E-state index < -0.39 is 46.5 Å². The summed E-state index contributed by atoms with van der Waals surface area (Å²) < 4.78 is 98.1. The summed E-state index contributed by atoms with van der Waals surface area (Å²) in [6, 6.07) is 5.33. The number of halogens is 7. The Morgan fingerprint density at radius 2 is 1.50 bits per heavy atom. The van der Waals surface area contributed by atoms with Crippen LogP contribution in [0.1, 0.15) is 24.5 Å². The summed E-state index contributed by atoms with van der Waals surface area (Å²) in [7, 11) is 0. The molecule has 0 aliphatic carbocycles. The summed E-state index contributed by atoms with van der Waals surface area (Å²) in [5.41, 5.74) is 0.354. The van der Waals surface area contributed by atoms with Crippen molar-refractivity contribution in [3.63, 3.8) is 0 Å². The number of hydrogen-bond donors (Lipinski definition) is 0. The van der Waals surface area contributed by atoms with Crippen molar-refractivity contribution in [3.05, 3.63) is 70.8 Å². The summed E-state index contributed by atoms with van der Waals surface area (Å²) in [6.45, 7) is 1.91. The van der Waals surface area contributed by atoms with Gasteiger partial charge in [0.1, 0.15) is 5.75 Å². The zero-order chi connectivity index (χ0) is 19.5. The van der Waals surface area contributed by atoms with Gasteiger partial charge >= 0.3 is 6.11 Å². The molecule has 0 atom stereocenters. The Labute approximate surface area is 144 Å². The van der Waals surface area contributed by atoms with Gasteiger partial charge in [-0.1, -0.05) is 37.6 Å². The van der Waals surface area contributed by atoms with Gasteiger partial charge in [0.05, 0.1) is 0 Å². The second kappa shape index (κ2) is 7.80. The van der Waals surface area contributed by atoms with Crippen molar-refractivity contribution < 1.29 is 35.5 Å². The van der Waals surface area contributed by atoms with Crippen molar-refractivity contribution in [1.29, 1.82) is 0 Å². The van der Waals surface area contributed by atoms with Gasteiger partial charge in [-0.3, -0.25) is 0 Å². The smallest absolute Gasteiger partial charge is 0.427 e. The third kappa shape index (κ3) is 4.36. The fraction of sp³-hybridized carbons (Fsp3) is 0.222. The summed E-state index contributed by atoms with van der Waals surface area (Å²) >= 11 is 0. The van der Waals surface area contributed by atoms with Gasteiger partial charge in [0.2, 0.25) is 5.83 Å². The number of benzene rings is 2. The number of ether oxygens (including phenoxy) is 1. The van der Waals surface area contributed by atoms with E-state index in [1.54, 1.807) is 0 Å². The molecule has 2 aromatic rings. The van der Waals surface area contributed by atoms with E-state index in [2.05, 4.69) is 4.74 Å². The van der Waals surface area contributed by atoms with Crippen molar-refractivity contribution in [3.8, 4) is 5.75 Å². The SMILES string of the molecule is CCCc1ccc(/C(F)=C(\F)C(F)(F)Oc2cc(F)c(F)c(F)c2)cc1. The molecule has 0 aromatic heterocycles. The average molecular weight is 378 g/mol. The van der Waals surface area contributed by atoms with Crippen LogP contribution < -0.4 is 4.74 Å². The minimum absolute atomic E-state index is 0.0943. The Balaban J connectivity index is 2.29. The molecule has 0 radical (unpaired) electrons. The fourth-order valence-corrected chi connectivity index (χ4v) is 2.14. The first-order chi connectivity index (χ1) is 12.2. The lowest BCUT2D eigenvalue weighted by Crippen LogP contribution is -2.26. The number of alkyl halides is 2. The Bertz CT molecular complexity index is 790. The first-order valence-corrected chi connectivity index (χ1v) is 7.52. The molecule has 1 nitrogen and oxygen atoms in total. The Kier molecular flexibility index (Phi) is 5.94. The standard InChI is InChI=1S/C18H13F7O/c1-2-3-10-4-6-11(7-5-10)15(21)17(23)18(24,25)26-12-8-13(19)16(22)14(20)9-12/h4-9H,2-3H2,1H3/b17-15+. The highest BCUT2D eigenvalue weighted by Gasteiger charge is 2.42. The summed E-state index contributed by atoms with van der Waals surface area (Å²) in [4.78, 5) is 0. The maximum atomic E-state index is 14.0. The van der Waals surface area contributed by atoms with E-state index in [0.717, 1.165) is 24.1 Å². The van der Waals surface area contributed by atoms with E-state index in [-0.39, 0.29) is 12.1 Å². The molecule has 0 fully saturated rings. The predicted molar refractivity (Wildman–Crippen MR) is 81.5 cm³/mol. The van der Waals surface area contributed by atoms with E-state index in [4.69, 9.17) is 0 Å². The molecule has 0 aliphatic rings. The van der Waals surface area contributed by atoms with Gasteiger partial charge < -0.3 is 4.74 Å². The second-order valence-corrected chi connectivity index (χ2v) is 5.39. The fourth-order valence-electron chi connectivity index (χ4n) is 2.14. The maximum Gasteiger partial charge on any atom is 0.457 e. The van der Waals surface area contributed by atoms with Crippen LogP contribution in [0.4, 0.5) is 30.7 Å². The number of aryl methyl sites for hydroxylation is 1. The second-order valence-electron chi connectivity index (χ2n) is 5.39. The molecule has 140 valence electrons. The molecule has 0 unspecified atom stereocenters. The first-order valence-electron chi connectivity index (χ1n) is 7.52. The highest BCUT2D eigenvalue weighted by atomic mass is 19.3. The minimum Gasteiger partial charge on any atom is -0.427 e. The number of rotatable bonds is 6. The van der Waals surface area contributed by atoms with Crippen molar-refractivity contribution in [1.82, 2.24) is 0 Å². The zero-order valence-corrected chi connectivity index (χ0v) is 13.4. The van der Waals surface area contributed by atoms with Crippen LogP contribution in [-0.2, 0) is 6.42 Å². The molecular weight excluding hydrogens is 365 g/mol. The van der Waals surface area contributed by atoms with Crippen LogP contribution in [0.15, 0.2) is 42.2 Å². The molecule has 0 amide bonds. The lowest BCUT2D eigenvalue weighted by Gasteiger charge is -2.17. The molecule has 0 aliphatic heterocycles. The van der Waals surface area contributed by atoms with Gasteiger partial charge in [0, 0.05) is 17.7 Å². The van der Waals surface area contributed by atoms with E-state index in [1.807, 2.05) is 6.92 Å². The highest BCUT2D eigenvalue weighted by Crippen LogP contribution is 2.36. The zero-order valence-electron chi connectivity index (χ0n) is 13.4. The summed E-state index contributed by atoms with van der Waals surface area (Å²) in [5, 5.41) is 0. The molecule has 2 rings (SSSR count). The van der Waals surface area contributed by atoms with Gasteiger partial charge in [-0.05, 0) is 12.0 Å². The monoisotopic (exact) mass is 378 g/mol. The lowest BCUT2D eigenvalue weighted by atomic mass is 10.1. The van der Waals surface area contributed by atoms with Gasteiger partial charge in [0.15, 0.2) is 23.3 Å². The third-order valence-corrected chi connectivity index (χ3v) is 3.40. The van der Waals surface area contributed by atoms with Crippen LogP contribution in [-0.4, -0.2) is 6.11 Å². The quantitative estimate of drug-likeness (QED) is 0.421. The highest BCUT2D eigenvalue weighted by molar-refractivity contribution is 5.62. The maximum absolute atomic E-state index is 14.0. The van der Waals surface area contributed by atoms with Gasteiger partial charge in [-0.25, -0.2) is 17.6 Å². The molecular formula is C18H13F7O. The van der Waals surface area contributed by atoms with Crippen molar-refractivity contribution in [2.75, 3.05) is 0 Å². The predicted octanol–water partition coefficient (Wildman–Crippen LogP) is 6.34. The molecule has 26 heavy (non-hydrogen) atoms. The van der Waals surface area contributed by atoms with Crippen LogP contribution >= 0.6 is 0 Å². The van der Waals surface area contributed by atoms with Crippen LogP contribution in [0.3, 0.4) is 0 Å². The normalized spacial score (nSPS) is 12.8. The van der Waals surface area contributed by atoms with E-state index in [1.165, 1.54) is 12.1 Å². The Morgan fingerprint density at radius 3 is 2.00 bits per heavy atom. The molecule has 0 saturated carbocycles. The third-order valence-electron chi connectivity index (χ3n) is 3.40. The van der Waals surface area contributed by atoms with Crippen LogP contribution in [0.2, 0.25) is 0 Å². The first kappa shape index (κ1) is 19.8. The van der Waals surface area contributed by atoms with Gasteiger partial charge in [0.25, 0.3) is 0 Å². The largest absolute Gasteiger partial charge is 0.457 e. The Morgan fingerprint density at radius 1 is 0.962 bits per heavy atom. The van der Waals surface area contributed by atoms with Crippen LogP contribution in [0.5, 0.6) is 5.75 Å². The van der Waals surface area contributed by atoms with Gasteiger partial charge in [-0.2, -0.15) is 13.2 Å².